The van der Waals surface area contributed by atoms with Crippen molar-refractivity contribution < 1.29 is 0 Å². The minimum atomic E-state index is 0.560. The average molecular weight is 817 g/mol. The zero-order valence-electron chi connectivity index (χ0n) is 34.5. The molecule has 6 heteroatoms. The topological polar surface area (TPSA) is 72.3 Å². The number of nitrogens with zero attached hydrogens (tertiary/aromatic N) is 6. The molecule has 0 aliphatic carbocycles. The lowest BCUT2D eigenvalue weighted by molar-refractivity contribution is 1.06. The molecule has 0 bridgehead atoms. The Morgan fingerprint density at radius 2 is 0.750 bits per heavy atom. The maximum absolute atomic E-state index is 10.0. The molecule has 9 aromatic carbocycles. The van der Waals surface area contributed by atoms with E-state index in [1.165, 1.54) is 10.8 Å². The molecule has 12 aromatic rings. The molecule has 6 nitrogen and oxygen atoms in total. The van der Waals surface area contributed by atoms with Crippen molar-refractivity contribution in [2.24, 2.45) is 0 Å². The van der Waals surface area contributed by atoms with Crippen LogP contribution in [0, 0.1) is 11.3 Å². The van der Waals surface area contributed by atoms with Crippen LogP contribution < -0.4 is 0 Å². The van der Waals surface area contributed by atoms with Crippen LogP contribution in [-0.4, -0.2) is 24.1 Å². The Bertz CT molecular complexity index is 3690. The Hall–Kier alpha value is -8.92. The summed E-state index contributed by atoms with van der Waals surface area (Å²) < 4.78 is 4.71. The SMILES string of the molecule is N#Cc1ccccc1-c1ccc2c(c1)c1ccccc1n2-c1ccc(-c2ccccc2-n2c3ccccc3c3ccccc32)cc1-c1nc(-c2ccccc2)nc(-c2ccccc2)n1. The molecule has 0 N–H and O–H groups in total. The molecule has 12 rings (SSSR count). The van der Waals surface area contributed by atoms with Crippen LogP contribution in [0.4, 0.5) is 0 Å². The first-order valence-electron chi connectivity index (χ1n) is 21.3. The fraction of sp³-hybridized carbons (Fsp3) is 0. The van der Waals surface area contributed by atoms with E-state index >= 15 is 0 Å². The summed E-state index contributed by atoms with van der Waals surface area (Å²) in [5.74, 6) is 1.74. The highest BCUT2D eigenvalue weighted by Gasteiger charge is 2.22. The van der Waals surface area contributed by atoms with Gasteiger partial charge in [0, 0.05) is 43.8 Å². The third-order valence-corrected chi connectivity index (χ3v) is 12.2. The second-order valence-corrected chi connectivity index (χ2v) is 15.9. The average Bonchev–Trinajstić information content (AvgIpc) is 3.89. The Balaban J connectivity index is 1.15. The lowest BCUT2D eigenvalue weighted by Crippen LogP contribution is -2.04. The summed E-state index contributed by atoms with van der Waals surface area (Å²) in [4.78, 5) is 15.7. The highest BCUT2D eigenvalue weighted by Crippen LogP contribution is 2.42. The molecule has 3 aromatic heterocycles. The minimum absolute atomic E-state index is 0.560. The maximum atomic E-state index is 10.0. The molecule has 0 spiro atoms. The molecule has 0 saturated heterocycles. The molecular formula is C58H36N6. The van der Waals surface area contributed by atoms with Crippen molar-refractivity contribution in [3.63, 3.8) is 0 Å². The summed E-state index contributed by atoms with van der Waals surface area (Å²) in [6.45, 7) is 0. The van der Waals surface area contributed by atoms with Gasteiger partial charge < -0.3 is 9.13 Å². The first-order valence-corrected chi connectivity index (χ1v) is 21.3. The molecule has 0 aliphatic heterocycles. The zero-order valence-corrected chi connectivity index (χ0v) is 34.5. The van der Waals surface area contributed by atoms with Gasteiger partial charge in [-0.2, -0.15) is 5.26 Å². The van der Waals surface area contributed by atoms with Gasteiger partial charge in [0.15, 0.2) is 17.5 Å². The quantitative estimate of drug-likeness (QED) is 0.161. The lowest BCUT2D eigenvalue weighted by atomic mass is 9.98. The van der Waals surface area contributed by atoms with Gasteiger partial charge in [-0.25, -0.2) is 15.0 Å². The number of hydrogen-bond acceptors (Lipinski definition) is 4. The van der Waals surface area contributed by atoms with Crippen LogP contribution in [0.3, 0.4) is 0 Å². The summed E-state index contributed by atoms with van der Waals surface area (Å²) in [6, 6.07) is 78.0. The molecule has 3 heterocycles. The van der Waals surface area contributed by atoms with Crippen LogP contribution in [0.1, 0.15) is 5.56 Å². The summed E-state index contributed by atoms with van der Waals surface area (Å²) in [6.07, 6.45) is 0. The van der Waals surface area contributed by atoms with E-state index in [1.807, 2.05) is 84.9 Å². The van der Waals surface area contributed by atoms with E-state index in [1.54, 1.807) is 0 Å². The molecule has 0 fully saturated rings. The Morgan fingerprint density at radius 1 is 0.312 bits per heavy atom. The molecule has 64 heavy (non-hydrogen) atoms. The number of hydrogen-bond donors (Lipinski definition) is 0. The predicted molar refractivity (Wildman–Crippen MR) is 260 cm³/mol. The van der Waals surface area contributed by atoms with Gasteiger partial charge in [-0.15, -0.1) is 0 Å². The van der Waals surface area contributed by atoms with E-state index < -0.39 is 0 Å². The van der Waals surface area contributed by atoms with Crippen molar-refractivity contribution in [1.82, 2.24) is 24.1 Å². The van der Waals surface area contributed by atoms with Gasteiger partial charge in [0.05, 0.1) is 45.1 Å². The van der Waals surface area contributed by atoms with Crippen molar-refractivity contribution >= 4 is 43.6 Å². The molecule has 0 atom stereocenters. The van der Waals surface area contributed by atoms with E-state index in [-0.39, 0.29) is 0 Å². The number of fused-ring (bicyclic) bond motifs is 6. The Morgan fingerprint density at radius 3 is 1.36 bits per heavy atom. The molecular weight excluding hydrogens is 781 g/mol. The van der Waals surface area contributed by atoms with Crippen molar-refractivity contribution in [1.29, 1.82) is 5.26 Å². The van der Waals surface area contributed by atoms with E-state index in [0.29, 0.717) is 23.0 Å². The fourth-order valence-electron chi connectivity index (χ4n) is 9.33. The zero-order chi connectivity index (χ0) is 42.6. The van der Waals surface area contributed by atoms with Crippen molar-refractivity contribution in [2.45, 2.75) is 0 Å². The molecule has 0 saturated carbocycles. The second kappa shape index (κ2) is 15.2. The first-order chi connectivity index (χ1) is 31.7. The summed E-state index contributed by atoms with van der Waals surface area (Å²) in [7, 11) is 0. The van der Waals surface area contributed by atoms with Gasteiger partial charge in [-0.1, -0.05) is 164 Å². The van der Waals surface area contributed by atoms with Crippen molar-refractivity contribution in [3.8, 4) is 73.9 Å². The lowest BCUT2D eigenvalue weighted by Gasteiger charge is -2.18. The summed E-state index contributed by atoms with van der Waals surface area (Å²) >= 11 is 0. The fourth-order valence-corrected chi connectivity index (χ4v) is 9.33. The monoisotopic (exact) mass is 816 g/mol. The molecule has 0 amide bonds. The molecule has 0 unspecified atom stereocenters. The number of benzene rings is 9. The van der Waals surface area contributed by atoms with Crippen LogP contribution in [0.5, 0.6) is 0 Å². The number of rotatable bonds is 7. The molecule has 298 valence electrons. The maximum Gasteiger partial charge on any atom is 0.166 e. The van der Waals surface area contributed by atoms with Gasteiger partial charge >= 0.3 is 0 Å². The normalized spacial score (nSPS) is 11.4. The smallest absolute Gasteiger partial charge is 0.166 e. The van der Waals surface area contributed by atoms with Gasteiger partial charge in [-0.3, -0.25) is 0 Å². The predicted octanol–water partition coefficient (Wildman–Crippen LogP) is 14.3. The second-order valence-electron chi connectivity index (χ2n) is 15.9. The minimum Gasteiger partial charge on any atom is -0.309 e. The third-order valence-electron chi connectivity index (χ3n) is 12.2. The standard InChI is InChI=1S/C58H36N6/c59-37-42-21-7-8-22-43(42)40-31-33-54-48(35-40)47-26-12-16-30-53(47)64(54)55-34-32-41(44-23-9-13-27-50(44)63-51-28-14-10-24-45(51)46-25-11-15-29-52(46)63)36-49(55)58-61-56(38-17-3-1-4-18-38)60-57(62-58)39-19-5-2-6-20-39/h1-36H. The van der Waals surface area contributed by atoms with Gasteiger partial charge in [0.25, 0.3) is 0 Å². The highest BCUT2D eigenvalue weighted by molar-refractivity contribution is 6.12. The summed E-state index contributed by atoms with van der Waals surface area (Å²) in [5.41, 5.74) is 13.7. The van der Waals surface area contributed by atoms with Gasteiger partial charge in [0.2, 0.25) is 0 Å². The van der Waals surface area contributed by atoms with E-state index in [2.05, 4.69) is 149 Å². The van der Waals surface area contributed by atoms with Crippen LogP contribution >= 0.6 is 0 Å². The molecule has 0 radical (unpaired) electrons. The number of aromatic nitrogens is 5. The van der Waals surface area contributed by atoms with Gasteiger partial charge in [0.1, 0.15) is 0 Å². The highest BCUT2D eigenvalue weighted by atomic mass is 15.1. The molecule has 0 aliphatic rings. The van der Waals surface area contributed by atoms with Crippen LogP contribution in [0.2, 0.25) is 0 Å². The number of para-hydroxylation sites is 4. The van der Waals surface area contributed by atoms with Crippen LogP contribution in [0.25, 0.3) is 111 Å². The van der Waals surface area contributed by atoms with Crippen LogP contribution in [-0.2, 0) is 0 Å². The van der Waals surface area contributed by atoms with Crippen molar-refractivity contribution in [3.05, 3.63) is 224 Å². The van der Waals surface area contributed by atoms with Crippen molar-refractivity contribution in [2.75, 3.05) is 0 Å². The third kappa shape index (κ3) is 6.06. The van der Waals surface area contributed by atoms with E-state index in [9.17, 15) is 5.26 Å². The largest absolute Gasteiger partial charge is 0.309 e. The summed E-state index contributed by atoms with van der Waals surface area (Å²) in [5, 5.41) is 14.6. The Kier molecular flexibility index (Phi) is 8.77. The van der Waals surface area contributed by atoms with E-state index in [0.717, 1.165) is 83.2 Å². The van der Waals surface area contributed by atoms with E-state index in [4.69, 9.17) is 15.0 Å². The van der Waals surface area contributed by atoms with Gasteiger partial charge in [-0.05, 0) is 71.3 Å². The Labute approximate surface area is 369 Å². The number of nitriles is 1. The first kappa shape index (κ1) is 36.9. The van der Waals surface area contributed by atoms with Crippen LogP contribution in [0.15, 0.2) is 218 Å².